The van der Waals surface area contributed by atoms with E-state index in [4.69, 9.17) is 4.74 Å². The number of amides is 1. The maximum Gasteiger partial charge on any atom is 0.222 e. The average Bonchev–Trinajstić information content (AvgIpc) is 2.89. The van der Waals surface area contributed by atoms with Gasteiger partial charge in [0.05, 0.1) is 6.61 Å². The highest BCUT2D eigenvalue weighted by Gasteiger charge is 2.34. The van der Waals surface area contributed by atoms with Crippen molar-refractivity contribution in [2.45, 2.75) is 32.1 Å². The molecule has 0 aliphatic carbocycles. The van der Waals surface area contributed by atoms with Crippen LogP contribution in [0.25, 0.3) is 0 Å². The average molecular weight is 284 g/mol. The smallest absolute Gasteiger partial charge is 0.222 e. The van der Waals surface area contributed by atoms with Crippen molar-refractivity contribution in [1.29, 1.82) is 0 Å². The monoisotopic (exact) mass is 284 g/mol. The van der Waals surface area contributed by atoms with E-state index in [1.54, 1.807) is 7.11 Å². The fraction of sp³-hybridized carbons (Fsp3) is 0.933. The second-order valence-electron chi connectivity index (χ2n) is 6.26. The van der Waals surface area contributed by atoms with Gasteiger partial charge in [0.1, 0.15) is 0 Å². The van der Waals surface area contributed by atoms with Crippen molar-refractivity contribution >= 4 is 5.91 Å². The third-order valence-electron chi connectivity index (χ3n) is 4.77. The summed E-state index contributed by atoms with van der Waals surface area (Å²) in [5.74, 6) is 0.301. The van der Waals surface area contributed by atoms with Crippen molar-refractivity contribution in [1.82, 2.24) is 9.80 Å². The maximum absolute atomic E-state index is 11.6. The zero-order valence-electron chi connectivity index (χ0n) is 12.6. The van der Waals surface area contributed by atoms with Gasteiger partial charge in [-0.15, -0.1) is 0 Å². The van der Waals surface area contributed by atoms with Crippen LogP contribution in [0.2, 0.25) is 0 Å². The Morgan fingerprint density at radius 1 is 1.30 bits per heavy atom. The molecule has 2 aliphatic rings. The van der Waals surface area contributed by atoms with Gasteiger partial charge in [0.15, 0.2) is 0 Å². The van der Waals surface area contributed by atoms with Crippen LogP contribution >= 0.6 is 0 Å². The van der Waals surface area contributed by atoms with E-state index in [0.29, 0.717) is 18.9 Å². The number of carbonyl (C=O) groups excluding carboxylic acids is 1. The summed E-state index contributed by atoms with van der Waals surface area (Å²) in [7, 11) is 1.71. The quantitative estimate of drug-likeness (QED) is 0.748. The van der Waals surface area contributed by atoms with Gasteiger partial charge in [0.2, 0.25) is 5.91 Å². The van der Waals surface area contributed by atoms with Gasteiger partial charge >= 0.3 is 0 Å². The molecule has 1 atom stereocenters. The third-order valence-corrected chi connectivity index (χ3v) is 4.77. The highest BCUT2D eigenvalue weighted by atomic mass is 16.5. The van der Waals surface area contributed by atoms with E-state index in [-0.39, 0.29) is 12.0 Å². The Morgan fingerprint density at radius 2 is 2.15 bits per heavy atom. The van der Waals surface area contributed by atoms with Crippen LogP contribution < -0.4 is 0 Å². The molecular weight excluding hydrogens is 256 g/mol. The molecule has 2 fully saturated rings. The standard InChI is InChI=1S/C15H28N2O3/c1-20-11-6-15(13-18)5-3-7-16(12-15)9-10-17-8-2-4-14(17)19/h18H,2-13H2,1H3/t15-/m0/s1. The fourth-order valence-corrected chi connectivity index (χ4v) is 3.43. The zero-order chi connectivity index (χ0) is 14.4. The lowest BCUT2D eigenvalue weighted by atomic mass is 9.78. The second-order valence-corrected chi connectivity index (χ2v) is 6.26. The second kappa shape index (κ2) is 7.38. The van der Waals surface area contributed by atoms with Gasteiger partial charge in [-0.2, -0.15) is 0 Å². The lowest BCUT2D eigenvalue weighted by Crippen LogP contribution is -2.48. The minimum absolute atomic E-state index is 0.0106. The Labute approximate surface area is 121 Å². The highest BCUT2D eigenvalue weighted by molar-refractivity contribution is 5.78. The van der Waals surface area contributed by atoms with E-state index in [9.17, 15) is 9.90 Å². The molecule has 2 heterocycles. The number of methoxy groups -OCH3 is 1. The number of carbonyl (C=O) groups is 1. The summed E-state index contributed by atoms with van der Waals surface area (Å²) in [4.78, 5) is 16.0. The molecule has 0 bridgehead atoms. The molecule has 0 radical (unpaired) electrons. The van der Waals surface area contributed by atoms with Crippen LogP contribution in [-0.2, 0) is 9.53 Å². The SMILES string of the molecule is COCC[C@@]1(CO)CCCN(CCN2CCCC2=O)C1. The molecule has 2 rings (SSSR count). The lowest BCUT2D eigenvalue weighted by molar-refractivity contribution is -0.128. The molecule has 20 heavy (non-hydrogen) atoms. The number of rotatable bonds is 7. The summed E-state index contributed by atoms with van der Waals surface area (Å²) in [5.41, 5.74) is -0.0106. The predicted molar refractivity (Wildman–Crippen MR) is 77.5 cm³/mol. The van der Waals surface area contributed by atoms with Crippen molar-refractivity contribution in [3.63, 3.8) is 0 Å². The summed E-state index contributed by atoms with van der Waals surface area (Å²) >= 11 is 0. The number of nitrogens with zero attached hydrogens (tertiary/aromatic N) is 2. The van der Waals surface area contributed by atoms with Gasteiger partial charge < -0.3 is 19.6 Å². The Kier molecular flexibility index (Phi) is 5.81. The van der Waals surface area contributed by atoms with Crippen molar-refractivity contribution in [3.8, 4) is 0 Å². The maximum atomic E-state index is 11.6. The molecule has 0 spiro atoms. The lowest BCUT2D eigenvalue weighted by Gasteiger charge is -2.42. The van der Waals surface area contributed by atoms with E-state index < -0.39 is 0 Å². The molecule has 1 N–H and O–H groups in total. The van der Waals surface area contributed by atoms with Gasteiger partial charge in [-0.1, -0.05) is 0 Å². The molecule has 0 saturated carbocycles. The summed E-state index contributed by atoms with van der Waals surface area (Å²) in [6.07, 6.45) is 4.84. The topological polar surface area (TPSA) is 53.0 Å². The number of hydrogen-bond donors (Lipinski definition) is 1. The minimum atomic E-state index is -0.0106. The molecule has 1 amide bonds. The highest BCUT2D eigenvalue weighted by Crippen LogP contribution is 2.33. The molecule has 5 nitrogen and oxygen atoms in total. The van der Waals surface area contributed by atoms with Gasteiger partial charge in [0.25, 0.3) is 0 Å². The first-order valence-corrected chi connectivity index (χ1v) is 7.79. The van der Waals surface area contributed by atoms with Crippen LogP contribution in [-0.4, -0.2) is 73.9 Å². The van der Waals surface area contributed by atoms with Gasteiger partial charge in [-0.05, 0) is 32.2 Å². The van der Waals surface area contributed by atoms with Gasteiger partial charge in [0, 0.05) is 51.7 Å². The number of aliphatic hydroxyl groups excluding tert-OH is 1. The number of piperidine rings is 1. The van der Waals surface area contributed by atoms with Crippen molar-refractivity contribution < 1.29 is 14.6 Å². The largest absolute Gasteiger partial charge is 0.396 e. The molecular formula is C15H28N2O3. The molecule has 0 aromatic heterocycles. The van der Waals surface area contributed by atoms with E-state index >= 15 is 0 Å². The summed E-state index contributed by atoms with van der Waals surface area (Å²) < 4.78 is 5.18. The number of ether oxygens (including phenoxy) is 1. The van der Waals surface area contributed by atoms with Crippen LogP contribution in [0.15, 0.2) is 0 Å². The Morgan fingerprint density at radius 3 is 2.80 bits per heavy atom. The zero-order valence-corrected chi connectivity index (χ0v) is 12.6. The Balaban J connectivity index is 1.81. The van der Waals surface area contributed by atoms with E-state index in [1.807, 2.05) is 4.90 Å². The first-order valence-electron chi connectivity index (χ1n) is 7.79. The van der Waals surface area contributed by atoms with Gasteiger partial charge in [-0.25, -0.2) is 0 Å². The van der Waals surface area contributed by atoms with Crippen molar-refractivity contribution in [2.75, 3.05) is 53.0 Å². The van der Waals surface area contributed by atoms with Crippen LogP contribution in [0, 0.1) is 5.41 Å². The molecule has 2 aliphatic heterocycles. The third kappa shape index (κ3) is 3.93. The minimum Gasteiger partial charge on any atom is -0.396 e. The van der Waals surface area contributed by atoms with Crippen LogP contribution in [0.3, 0.4) is 0 Å². The van der Waals surface area contributed by atoms with Crippen LogP contribution in [0.1, 0.15) is 32.1 Å². The van der Waals surface area contributed by atoms with Crippen molar-refractivity contribution in [3.05, 3.63) is 0 Å². The van der Waals surface area contributed by atoms with Crippen molar-refractivity contribution in [2.24, 2.45) is 5.41 Å². The summed E-state index contributed by atoms with van der Waals surface area (Å²) in [5, 5.41) is 9.76. The first kappa shape index (κ1) is 15.7. The fourth-order valence-electron chi connectivity index (χ4n) is 3.43. The number of hydrogen-bond acceptors (Lipinski definition) is 4. The van der Waals surface area contributed by atoms with Gasteiger partial charge in [-0.3, -0.25) is 4.79 Å². The molecule has 0 unspecified atom stereocenters. The molecule has 0 aromatic rings. The number of likely N-dealkylation sites (tertiary alicyclic amines) is 2. The summed E-state index contributed by atoms with van der Waals surface area (Å²) in [6, 6.07) is 0. The molecule has 5 heteroatoms. The van der Waals surface area contributed by atoms with Crippen LogP contribution in [0.4, 0.5) is 0 Å². The molecule has 116 valence electrons. The molecule has 2 saturated heterocycles. The van der Waals surface area contributed by atoms with E-state index in [2.05, 4.69) is 4.90 Å². The van der Waals surface area contributed by atoms with Crippen LogP contribution in [0.5, 0.6) is 0 Å². The first-order chi connectivity index (χ1) is 9.69. The van der Waals surface area contributed by atoms with E-state index in [1.165, 1.54) is 0 Å². The number of aliphatic hydroxyl groups is 1. The Hall–Kier alpha value is -0.650. The molecule has 0 aromatic carbocycles. The Bertz CT molecular complexity index is 324. The predicted octanol–water partition coefficient (Wildman–Crippen LogP) is 0.720. The normalized spacial score (nSPS) is 28.3. The summed E-state index contributed by atoms with van der Waals surface area (Å²) in [6.45, 7) is 5.63. The van der Waals surface area contributed by atoms with E-state index in [0.717, 1.165) is 58.4 Å².